The third kappa shape index (κ3) is 6.91. The van der Waals surface area contributed by atoms with Gasteiger partial charge in [-0.05, 0) is 64.2 Å². The lowest BCUT2D eigenvalue weighted by Gasteiger charge is -2.36. The van der Waals surface area contributed by atoms with E-state index in [-0.39, 0.29) is 24.3 Å². The normalized spacial score (nSPS) is 23.9. The molecule has 6 nitrogen and oxygen atoms in total. The van der Waals surface area contributed by atoms with Gasteiger partial charge in [0, 0.05) is 45.1 Å². The second kappa shape index (κ2) is 11.4. The maximum atomic E-state index is 12.7. The minimum Gasteiger partial charge on any atom is -0.372 e. The molecular formula is C21H36N2O4. The van der Waals surface area contributed by atoms with Crippen LogP contribution < -0.4 is 0 Å². The van der Waals surface area contributed by atoms with E-state index in [1.165, 1.54) is 0 Å². The number of likely N-dealkylation sites (tertiary alicyclic amines) is 1. The number of amides is 2. The summed E-state index contributed by atoms with van der Waals surface area (Å²) in [5, 5.41) is 0. The van der Waals surface area contributed by atoms with E-state index < -0.39 is 0 Å². The van der Waals surface area contributed by atoms with Crippen molar-refractivity contribution >= 4 is 18.1 Å². The van der Waals surface area contributed by atoms with E-state index >= 15 is 0 Å². The zero-order valence-corrected chi connectivity index (χ0v) is 17.0. The van der Waals surface area contributed by atoms with Crippen LogP contribution in [0.3, 0.4) is 0 Å². The first-order valence-electron chi connectivity index (χ1n) is 10.6. The van der Waals surface area contributed by atoms with E-state index in [9.17, 15) is 14.4 Å². The van der Waals surface area contributed by atoms with Gasteiger partial charge in [0.05, 0.1) is 0 Å². The van der Waals surface area contributed by atoms with Crippen molar-refractivity contribution in [3.05, 3.63) is 0 Å². The molecule has 1 saturated heterocycles. The van der Waals surface area contributed by atoms with Crippen molar-refractivity contribution < 1.29 is 19.1 Å². The molecule has 0 atom stereocenters. The molecule has 2 fully saturated rings. The van der Waals surface area contributed by atoms with Gasteiger partial charge in [-0.25, -0.2) is 0 Å². The highest BCUT2D eigenvalue weighted by atomic mass is 16.5. The molecule has 6 heteroatoms. The molecule has 1 saturated carbocycles. The molecule has 2 amide bonds. The molecule has 0 bridgehead atoms. The van der Waals surface area contributed by atoms with E-state index in [2.05, 4.69) is 0 Å². The third-order valence-corrected chi connectivity index (χ3v) is 6.20. The second-order valence-corrected chi connectivity index (χ2v) is 8.11. The molecule has 0 unspecified atom stereocenters. The van der Waals surface area contributed by atoms with Gasteiger partial charge < -0.3 is 19.3 Å². The molecule has 0 N–H and O–H groups in total. The van der Waals surface area contributed by atoms with Gasteiger partial charge in [0.2, 0.25) is 11.8 Å². The molecular weight excluding hydrogens is 344 g/mol. The first-order chi connectivity index (χ1) is 13.0. The number of hydrogen-bond acceptors (Lipinski definition) is 4. The highest BCUT2D eigenvalue weighted by Crippen LogP contribution is 2.30. The van der Waals surface area contributed by atoms with Crippen molar-refractivity contribution in [3.8, 4) is 0 Å². The number of rotatable bonds is 9. The average Bonchev–Trinajstić information content (AvgIpc) is 2.72. The summed E-state index contributed by atoms with van der Waals surface area (Å²) in [5.41, 5.74) is 0. The van der Waals surface area contributed by atoms with Crippen LogP contribution in [0.5, 0.6) is 0 Å². The highest BCUT2D eigenvalue weighted by Gasteiger charge is 2.31. The summed E-state index contributed by atoms with van der Waals surface area (Å²) < 4.78 is 5.16. The van der Waals surface area contributed by atoms with Gasteiger partial charge in [-0.15, -0.1) is 0 Å². The largest absolute Gasteiger partial charge is 0.372 e. The van der Waals surface area contributed by atoms with Crippen LogP contribution in [0.2, 0.25) is 0 Å². The third-order valence-electron chi connectivity index (χ3n) is 6.20. The Morgan fingerprint density at radius 3 is 2.37 bits per heavy atom. The second-order valence-electron chi connectivity index (χ2n) is 8.11. The molecule has 0 aromatic carbocycles. The molecule has 0 aromatic heterocycles. The van der Waals surface area contributed by atoms with Gasteiger partial charge >= 0.3 is 0 Å². The lowest BCUT2D eigenvalue weighted by atomic mass is 9.81. The Kier molecular flexibility index (Phi) is 9.25. The van der Waals surface area contributed by atoms with E-state index in [0.717, 1.165) is 77.3 Å². The number of hydrogen-bond donors (Lipinski definition) is 0. The van der Waals surface area contributed by atoms with Crippen molar-refractivity contribution in [3.63, 3.8) is 0 Å². The van der Waals surface area contributed by atoms with Crippen LogP contribution in [-0.2, 0) is 19.1 Å². The summed E-state index contributed by atoms with van der Waals surface area (Å²) in [7, 11) is 1.84. The fraction of sp³-hybridized carbons (Fsp3) is 0.857. The quantitative estimate of drug-likeness (QED) is 0.577. The van der Waals surface area contributed by atoms with E-state index in [4.69, 9.17) is 4.74 Å². The fourth-order valence-corrected chi connectivity index (χ4v) is 4.24. The maximum Gasteiger partial charge on any atom is 0.248 e. The highest BCUT2D eigenvalue weighted by molar-refractivity contribution is 5.79. The Morgan fingerprint density at radius 2 is 1.78 bits per heavy atom. The summed E-state index contributed by atoms with van der Waals surface area (Å²) >= 11 is 0. The smallest absolute Gasteiger partial charge is 0.248 e. The summed E-state index contributed by atoms with van der Waals surface area (Å²) in [4.78, 5) is 39.2. The SMILES string of the molecule is CCOCC(=O)N(C)CCCC1CCN(C(=O)C2CCC(C=O)CC2)CC1. The number of likely N-dealkylation sites (N-methyl/N-ethyl adjacent to an activating group) is 1. The van der Waals surface area contributed by atoms with Gasteiger partial charge in [0.1, 0.15) is 12.9 Å². The summed E-state index contributed by atoms with van der Waals surface area (Å²) in [6.07, 6.45) is 8.75. The predicted octanol–water partition coefficient (Wildman–Crippen LogP) is 2.51. The van der Waals surface area contributed by atoms with Gasteiger partial charge in [-0.3, -0.25) is 9.59 Å². The molecule has 0 spiro atoms. The van der Waals surface area contributed by atoms with Crippen molar-refractivity contribution in [2.45, 2.75) is 58.3 Å². The standard InChI is InChI=1S/C21H36N2O4/c1-3-27-16-20(25)22(2)12-4-5-17-10-13-23(14-11-17)21(26)19-8-6-18(15-24)7-9-19/h15,17-19H,3-14,16H2,1-2H3. The number of aldehydes is 1. The molecule has 1 aliphatic heterocycles. The first-order valence-corrected chi connectivity index (χ1v) is 10.6. The lowest BCUT2D eigenvalue weighted by molar-refractivity contribution is -0.139. The van der Waals surface area contributed by atoms with Crippen molar-refractivity contribution in [2.24, 2.45) is 17.8 Å². The Bertz CT molecular complexity index is 481. The Morgan fingerprint density at radius 1 is 1.11 bits per heavy atom. The molecule has 2 aliphatic rings. The summed E-state index contributed by atoms with van der Waals surface area (Å²) in [5.74, 6) is 1.29. The molecule has 154 valence electrons. The van der Waals surface area contributed by atoms with Gasteiger partial charge in [-0.2, -0.15) is 0 Å². The number of carbonyl (C=O) groups is 3. The number of ether oxygens (including phenoxy) is 1. The zero-order chi connectivity index (χ0) is 19.6. The number of piperidine rings is 1. The average molecular weight is 381 g/mol. The molecule has 2 rings (SSSR count). The number of nitrogens with zero attached hydrogens (tertiary/aromatic N) is 2. The first kappa shape index (κ1) is 21.9. The van der Waals surface area contributed by atoms with Crippen LogP contribution in [0.25, 0.3) is 0 Å². The fourth-order valence-electron chi connectivity index (χ4n) is 4.24. The van der Waals surface area contributed by atoms with Gasteiger partial charge in [0.15, 0.2) is 0 Å². The molecule has 1 aliphatic carbocycles. The molecule has 1 heterocycles. The van der Waals surface area contributed by atoms with Crippen LogP contribution in [-0.4, -0.2) is 67.8 Å². The Balaban J connectivity index is 1.62. The Labute approximate surface area is 163 Å². The lowest BCUT2D eigenvalue weighted by Crippen LogP contribution is -2.42. The van der Waals surface area contributed by atoms with Crippen molar-refractivity contribution in [1.29, 1.82) is 0 Å². The molecule has 27 heavy (non-hydrogen) atoms. The van der Waals surface area contributed by atoms with Crippen molar-refractivity contribution in [1.82, 2.24) is 9.80 Å². The maximum absolute atomic E-state index is 12.7. The van der Waals surface area contributed by atoms with E-state index in [1.807, 2.05) is 18.9 Å². The zero-order valence-electron chi connectivity index (χ0n) is 17.0. The summed E-state index contributed by atoms with van der Waals surface area (Å²) in [6, 6.07) is 0. The van der Waals surface area contributed by atoms with Gasteiger partial charge in [0.25, 0.3) is 0 Å². The van der Waals surface area contributed by atoms with Crippen LogP contribution >= 0.6 is 0 Å². The topological polar surface area (TPSA) is 66.9 Å². The predicted molar refractivity (Wildman–Crippen MR) is 104 cm³/mol. The Hall–Kier alpha value is -1.43. The van der Waals surface area contributed by atoms with Crippen LogP contribution in [0.15, 0.2) is 0 Å². The molecule has 0 radical (unpaired) electrons. The minimum absolute atomic E-state index is 0.0431. The van der Waals surface area contributed by atoms with Crippen LogP contribution in [0.1, 0.15) is 58.3 Å². The van der Waals surface area contributed by atoms with Gasteiger partial charge in [-0.1, -0.05) is 0 Å². The monoisotopic (exact) mass is 380 g/mol. The van der Waals surface area contributed by atoms with Crippen molar-refractivity contribution in [2.75, 3.05) is 39.9 Å². The van der Waals surface area contributed by atoms with E-state index in [0.29, 0.717) is 18.4 Å². The summed E-state index contributed by atoms with van der Waals surface area (Å²) in [6.45, 7) is 5.11. The van der Waals surface area contributed by atoms with Crippen LogP contribution in [0.4, 0.5) is 0 Å². The van der Waals surface area contributed by atoms with E-state index in [1.54, 1.807) is 4.90 Å². The molecule has 0 aromatic rings. The van der Waals surface area contributed by atoms with Crippen LogP contribution in [0, 0.1) is 17.8 Å². The number of carbonyl (C=O) groups excluding carboxylic acids is 3. The minimum atomic E-state index is 0.0431.